The molecule has 3 aromatic rings. The van der Waals surface area contributed by atoms with Gasteiger partial charge in [0.15, 0.2) is 0 Å². The van der Waals surface area contributed by atoms with Crippen molar-refractivity contribution in [2.24, 2.45) is 0 Å². The fourth-order valence-corrected chi connectivity index (χ4v) is 3.50. The first-order valence-corrected chi connectivity index (χ1v) is 9.04. The Labute approximate surface area is 156 Å². The van der Waals surface area contributed by atoms with E-state index in [0.717, 1.165) is 34.9 Å². The van der Waals surface area contributed by atoms with Crippen LogP contribution in [-0.2, 0) is 6.54 Å². The number of non-ortho nitro benzene ring substituents is 1. The first-order chi connectivity index (χ1) is 12.6. The summed E-state index contributed by atoms with van der Waals surface area (Å²) in [6.45, 7) is 5.46. The standard InChI is InChI=1S/C20H19N3O2S/c1-3-11-22(2)13-15-7-9-16(10-8-15)19-14-26-20(21-19)17-5-4-6-18(12-17)23(24)25/h3-10,12,14H,1,11,13H2,2H3. The molecule has 0 N–H and O–H groups in total. The number of nitro groups is 1. The molecule has 0 atom stereocenters. The molecule has 0 aliphatic heterocycles. The highest BCUT2D eigenvalue weighted by atomic mass is 32.1. The fraction of sp³-hybridized carbons (Fsp3) is 0.150. The van der Waals surface area contributed by atoms with Gasteiger partial charge in [-0.3, -0.25) is 15.0 Å². The van der Waals surface area contributed by atoms with E-state index in [2.05, 4.69) is 47.8 Å². The first kappa shape index (κ1) is 18.0. The lowest BCUT2D eigenvalue weighted by molar-refractivity contribution is -0.384. The average molecular weight is 365 g/mol. The summed E-state index contributed by atoms with van der Waals surface area (Å²) in [6, 6.07) is 14.9. The number of rotatable bonds is 7. The van der Waals surface area contributed by atoms with E-state index in [0.29, 0.717) is 0 Å². The quantitative estimate of drug-likeness (QED) is 0.336. The molecule has 5 nitrogen and oxygen atoms in total. The van der Waals surface area contributed by atoms with Gasteiger partial charge >= 0.3 is 0 Å². The summed E-state index contributed by atoms with van der Waals surface area (Å²) in [5.74, 6) is 0. The molecule has 132 valence electrons. The van der Waals surface area contributed by atoms with Crippen molar-refractivity contribution in [3.05, 3.63) is 82.2 Å². The molecule has 0 fully saturated rings. The van der Waals surface area contributed by atoms with Gasteiger partial charge in [-0.1, -0.05) is 42.5 Å². The van der Waals surface area contributed by atoms with Crippen molar-refractivity contribution in [1.29, 1.82) is 0 Å². The lowest BCUT2D eigenvalue weighted by Gasteiger charge is -2.14. The van der Waals surface area contributed by atoms with E-state index in [4.69, 9.17) is 0 Å². The smallest absolute Gasteiger partial charge is 0.270 e. The summed E-state index contributed by atoms with van der Waals surface area (Å²) in [4.78, 5) is 17.4. The number of thiazole rings is 1. The Morgan fingerprint density at radius 1 is 1.23 bits per heavy atom. The Bertz CT molecular complexity index is 919. The van der Waals surface area contributed by atoms with Gasteiger partial charge in [0.25, 0.3) is 5.69 Å². The van der Waals surface area contributed by atoms with Gasteiger partial charge in [-0.15, -0.1) is 17.9 Å². The number of aromatic nitrogens is 1. The summed E-state index contributed by atoms with van der Waals surface area (Å²) in [6.07, 6.45) is 1.89. The van der Waals surface area contributed by atoms with E-state index in [1.165, 1.54) is 23.0 Å². The lowest BCUT2D eigenvalue weighted by atomic mass is 10.1. The number of nitro benzene ring substituents is 1. The fourth-order valence-electron chi connectivity index (χ4n) is 2.67. The number of likely N-dealkylation sites (N-methyl/N-ethyl adjacent to an activating group) is 1. The van der Waals surface area contributed by atoms with Gasteiger partial charge in [0.05, 0.1) is 10.6 Å². The molecule has 0 saturated heterocycles. The van der Waals surface area contributed by atoms with E-state index in [1.54, 1.807) is 12.1 Å². The highest BCUT2D eigenvalue weighted by Gasteiger charge is 2.11. The number of benzene rings is 2. The average Bonchev–Trinajstić information content (AvgIpc) is 3.13. The molecule has 1 aromatic heterocycles. The van der Waals surface area contributed by atoms with Crippen LogP contribution in [0.1, 0.15) is 5.56 Å². The zero-order chi connectivity index (χ0) is 18.5. The van der Waals surface area contributed by atoms with Gasteiger partial charge in [-0.25, -0.2) is 4.98 Å². The number of hydrogen-bond donors (Lipinski definition) is 0. The largest absolute Gasteiger partial charge is 0.298 e. The van der Waals surface area contributed by atoms with E-state index < -0.39 is 0 Å². The molecule has 1 heterocycles. The molecule has 0 amide bonds. The second-order valence-corrected chi connectivity index (χ2v) is 6.89. The van der Waals surface area contributed by atoms with Crippen LogP contribution in [0.4, 0.5) is 5.69 Å². The van der Waals surface area contributed by atoms with Crippen LogP contribution in [0.2, 0.25) is 0 Å². The van der Waals surface area contributed by atoms with Crippen molar-refractivity contribution in [2.75, 3.05) is 13.6 Å². The Morgan fingerprint density at radius 2 is 2.00 bits per heavy atom. The second-order valence-electron chi connectivity index (χ2n) is 6.03. The SMILES string of the molecule is C=CCN(C)Cc1ccc(-c2csc(-c3cccc([N+](=O)[O-])c3)n2)cc1. The predicted octanol–water partition coefficient (Wildman–Crippen LogP) is 5.00. The molecule has 2 aromatic carbocycles. The van der Waals surface area contributed by atoms with Gasteiger partial charge in [-0.2, -0.15) is 0 Å². The van der Waals surface area contributed by atoms with Crippen LogP contribution in [0.5, 0.6) is 0 Å². The second kappa shape index (κ2) is 8.03. The minimum atomic E-state index is -0.389. The maximum Gasteiger partial charge on any atom is 0.270 e. The molecule has 6 heteroatoms. The Hall–Kier alpha value is -2.83. The maximum absolute atomic E-state index is 10.9. The van der Waals surface area contributed by atoms with Gasteiger partial charge in [0.1, 0.15) is 5.01 Å². The van der Waals surface area contributed by atoms with Crippen molar-refractivity contribution in [3.8, 4) is 21.8 Å². The van der Waals surface area contributed by atoms with Gasteiger partial charge in [0.2, 0.25) is 0 Å². The van der Waals surface area contributed by atoms with Crippen molar-refractivity contribution in [3.63, 3.8) is 0 Å². The highest BCUT2D eigenvalue weighted by molar-refractivity contribution is 7.13. The molecular formula is C20H19N3O2S. The van der Waals surface area contributed by atoms with Crippen molar-refractivity contribution < 1.29 is 4.92 Å². The highest BCUT2D eigenvalue weighted by Crippen LogP contribution is 2.30. The summed E-state index contributed by atoms with van der Waals surface area (Å²) >= 11 is 1.49. The summed E-state index contributed by atoms with van der Waals surface area (Å²) in [5.41, 5.74) is 3.98. The molecule has 0 aliphatic rings. The molecular weight excluding hydrogens is 346 g/mol. The Balaban J connectivity index is 1.78. The summed E-state index contributed by atoms with van der Waals surface area (Å²) in [7, 11) is 2.06. The third-order valence-electron chi connectivity index (χ3n) is 3.95. The molecule has 0 unspecified atom stereocenters. The normalized spacial score (nSPS) is 10.8. The van der Waals surface area contributed by atoms with Crippen molar-refractivity contribution in [1.82, 2.24) is 9.88 Å². The van der Waals surface area contributed by atoms with Crippen LogP contribution in [0.15, 0.2) is 66.6 Å². The van der Waals surface area contributed by atoms with E-state index in [-0.39, 0.29) is 10.6 Å². The Morgan fingerprint density at radius 3 is 2.69 bits per heavy atom. The predicted molar refractivity (Wildman–Crippen MR) is 106 cm³/mol. The van der Waals surface area contributed by atoms with Gasteiger partial charge in [-0.05, 0) is 12.6 Å². The van der Waals surface area contributed by atoms with Crippen LogP contribution in [0.25, 0.3) is 21.8 Å². The van der Waals surface area contributed by atoms with E-state index >= 15 is 0 Å². The lowest BCUT2D eigenvalue weighted by Crippen LogP contribution is -2.17. The van der Waals surface area contributed by atoms with Crippen LogP contribution >= 0.6 is 11.3 Å². The third-order valence-corrected chi connectivity index (χ3v) is 4.84. The minimum absolute atomic E-state index is 0.0762. The van der Waals surface area contributed by atoms with E-state index in [1.807, 2.05) is 17.5 Å². The monoisotopic (exact) mass is 365 g/mol. The van der Waals surface area contributed by atoms with Crippen LogP contribution < -0.4 is 0 Å². The van der Waals surface area contributed by atoms with Crippen LogP contribution in [0.3, 0.4) is 0 Å². The molecule has 0 radical (unpaired) electrons. The van der Waals surface area contributed by atoms with Gasteiger partial charge < -0.3 is 0 Å². The summed E-state index contributed by atoms with van der Waals surface area (Å²) in [5, 5.41) is 13.7. The van der Waals surface area contributed by atoms with Gasteiger partial charge in [0, 0.05) is 41.7 Å². The maximum atomic E-state index is 10.9. The number of nitrogens with zero attached hydrogens (tertiary/aromatic N) is 3. The Kier molecular flexibility index (Phi) is 5.55. The van der Waals surface area contributed by atoms with Crippen LogP contribution in [0, 0.1) is 10.1 Å². The molecule has 0 aliphatic carbocycles. The molecule has 0 saturated carbocycles. The molecule has 0 bridgehead atoms. The van der Waals surface area contributed by atoms with Crippen LogP contribution in [-0.4, -0.2) is 28.4 Å². The van der Waals surface area contributed by atoms with Crippen molar-refractivity contribution >= 4 is 17.0 Å². The zero-order valence-corrected chi connectivity index (χ0v) is 15.3. The molecule has 26 heavy (non-hydrogen) atoms. The van der Waals surface area contributed by atoms with E-state index in [9.17, 15) is 10.1 Å². The zero-order valence-electron chi connectivity index (χ0n) is 14.5. The molecule has 3 rings (SSSR count). The third kappa shape index (κ3) is 4.22. The molecule has 0 spiro atoms. The van der Waals surface area contributed by atoms with Crippen molar-refractivity contribution in [2.45, 2.75) is 6.54 Å². The topological polar surface area (TPSA) is 59.3 Å². The number of hydrogen-bond acceptors (Lipinski definition) is 5. The first-order valence-electron chi connectivity index (χ1n) is 8.16. The summed E-state index contributed by atoms with van der Waals surface area (Å²) < 4.78 is 0. The minimum Gasteiger partial charge on any atom is -0.298 e.